The van der Waals surface area contributed by atoms with E-state index in [2.05, 4.69) is 10.4 Å². The number of nitro benzene ring substituents is 1. The van der Waals surface area contributed by atoms with Gasteiger partial charge in [0.25, 0.3) is 5.91 Å². The molecule has 9 nitrogen and oxygen atoms in total. The van der Waals surface area contributed by atoms with Crippen LogP contribution in [0.1, 0.15) is 27.4 Å². The number of amides is 1. The van der Waals surface area contributed by atoms with Crippen molar-refractivity contribution in [1.29, 1.82) is 0 Å². The number of aryl methyl sites for hydroxylation is 1. The van der Waals surface area contributed by atoms with Crippen molar-refractivity contribution in [3.63, 3.8) is 0 Å². The largest absolute Gasteiger partial charge is 0.479 e. The summed E-state index contributed by atoms with van der Waals surface area (Å²) in [7, 11) is 0. The molecule has 0 spiro atoms. The molecule has 0 aliphatic carbocycles. The number of nitrogens with one attached hydrogen (secondary N) is 1. The van der Waals surface area contributed by atoms with Gasteiger partial charge in [0, 0.05) is 22.8 Å². The van der Waals surface area contributed by atoms with Gasteiger partial charge in [0.2, 0.25) is 0 Å². The van der Waals surface area contributed by atoms with Crippen LogP contribution in [0.3, 0.4) is 0 Å². The molecule has 0 aliphatic rings. The maximum atomic E-state index is 14.0. The van der Waals surface area contributed by atoms with Gasteiger partial charge in [-0.1, -0.05) is 35.3 Å². The average molecular weight is 519 g/mol. The number of furan rings is 1. The fourth-order valence-corrected chi connectivity index (χ4v) is 3.62. The zero-order valence-electron chi connectivity index (χ0n) is 18.1. The van der Waals surface area contributed by atoms with E-state index in [4.69, 9.17) is 32.4 Å². The molecule has 180 valence electrons. The minimum absolute atomic E-state index is 0.00842. The first-order chi connectivity index (χ1) is 16.7. The van der Waals surface area contributed by atoms with Crippen LogP contribution in [0.2, 0.25) is 10.0 Å². The Morgan fingerprint density at radius 1 is 1.23 bits per heavy atom. The minimum atomic E-state index is -0.631. The van der Waals surface area contributed by atoms with Crippen molar-refractivity contribution in [3.05, 3.63) is 103 Å². The highest BCUT2D eigenvalue weighted by Crippen LogP contribution is 2.29. The summed E-state index contributed by atoms with van der Waals surface area (Å²) in [4.78, 5) is 23.3. The van der Waals surface area contributed by atoms with E-state index >= 15 is 0 Å². The zero-order valence-corrected chi connectivity index (χ0v) is 19.6. The maximum absolute atomic E-state index is 14.0. The molecule has 1 N–H and O–H groups in total. The van der Waals surface area contributed by atoms with Crippen molar-refractivity contribution in [3.8, 4) is 5.75 Å². The van der Waals surface area contributed by atoms with Crippen molar-refractivity contribution in [2.24, 2.45) is 0 Å². The fourth-order valence-electron chi connectivity index (χ4n) is 3.20. The fraction of sp³-hybridized carbons (Fsp3) is 0.130. The number of benzene rings is 2. The molecule has 2 aromatic carbocycles. The van der Waals surface area contributed by atoms with Crippen molar-refractivity contribution in [2.45, 2.75) is 20.1 Å². The Morgan fingerprint density at radius 2 is 2.03 bits per heavy atom. The minimum Gasteiger partial charge on any atom is -0.479 e. The molecule has 2 heterocycles. The molecule has 0 saturated heterocycles. The summed E-state index contributed by atoms with van der Waals surface area (Å²) >= 11 is 12.2. The van der Waals surface area contributed by atoms with Crippen molar-refractivity contribution in [1.82, 2.24) is 9.78 Å². The van der Waals surface area contributed by atoms with E-state index < -0.39 is 16.6 Å². The Bertz CT molecular complexity index is 1400. The van der Waals surface area contributed by atoms with E-state index in [1.807, 2.05) is 0 Å². The van der Waals surface area contributed by atoms with Gasteiger partial charge in [-0.2, -0.15) is 5.10 Å². The van der Waals surface area contributed by atoms with Gasteiger partial charge < -0.3 is 14.5 Å². The molecule has 1 amide bonds. The highest BCUT2D eigenvalue weighted by Gasteiger charge is 2.19. The molecule has 0 unspecified atom stereocenters. The quantitative estimate of drug-likeness (QED) is 0.225. The zero-order chi connectivity index (χ0) is 25.1. The molecule has 0 atom stereocenters. The number of hydrogen-bond acceptors (Lipinski definition) is 6. The topological polar surface area (TPSA) is 112 Å². The molecular formula is C23H17Cl2FN4O5. The van der Waals surface area contributed by atoms with Crippen LogP contribution in [0.4, 0.5) is 15.9 Å². The van der Waals surface area contributed by atoms with E-state index in [-0.39, 0.29) is 57.5 Å². The van der Waals surface area contributed by atoms with Crippen LogP contribution in [0.5, 0.6) is 5.75 Å². The monoisotopic (exact) mass is 518 g/mol. The van der Waals surface area contributed by atoms with Crippen LogP contribution >= 0.6 is 23.2 Å². The standard InChI is InChI=1S/C23H17Cl2FN4O5/c1-13-5-7-20(19(9-13)30(32)33)34-12-14-6-8-21(35-14)23(31)27-22-17(25)11-29(28-22)10-15-16(24)3-2-4-18(15)26/h2-9,11H,10,12H2,1H3,(H,27,28,31). The smallest absolute Gasteiger partial charge is 0.311 e. The summed E-state index contributed by atoms with van der Waals surface area (Å²) < 4.78 is 26.4. The first-order valence-electron chi connectivity index (χ1n) is 10.1. The van der Waals surface area contributed by atoms with Crippen LogP contribution in [0.25, 0.3) is 0 Å². The van der Waals surface area contributed by atoms with Gasteiger partial charge in [-0.15, -0.1) is 0 Å². The molecule has 12 heteroatoms. The summed E-state index contributed by atoms with van der Waals surface area (Å²) in [5.41, 5.74) is 0.784. The van der Waals surface area contributed by atoms with Gasteiger partial charge in [0.05, 0.1) is 11.5 Å². The number of carbonyl (C=O) groups excluding carboxylic acids is 1. The number of anilines is 1. The second kappa shape index (κ2) is 10.2. The Hall–Kier alpha value is -3.89. The normalized spacial score (nSPS) is 10.9. The molecule has 4 aromatic rings. The Kier molecular flexibility index (Phi) is 7.04. The summed E-state index contributed by atoms with van der Waals surface area (Å²) in [5.74, 6) is -0.769. The number of aromatic nitrogens is 2. The van der Waals surface area contributed by atoms with Crippen LogP contribution in [0, 0.1) is 22.9 Å². The van der Waals surface area contributed by atoms with Gasteiger partial charge in [-0.25, -0.2) is 4.39 Å². The van der Waals surface area contributed by atoms with Crippen LogP contribution in [0.15, 0.2) is 59.1 Å². The highest BCUT2D eigenvalue weighted by atomic mass is 35.5. The molecule has 35 heavy (non-hydrogen) atoms. The number of rotatable bonds is 8. The molecule has 0 bridgehead atoms. The number of nitrogens with zero attached hydrogens (tertiary/aromatic N) is 3. The molecule has 0 saturated carbocycles. The Balaban J connectivity index is 1.41. The van der Waals surface area contributed by atoms with Crippen molar-refractivity contribution in [2.75, 3.05) is 5.32 Å². The van der Waals surface area contributed by atoms with E-state index in [0.717, 1.165) is 5.56 Å². The molecule has 0 aliphatic heterocycles. The Morgan fingerprint density at radius 3 is 2.77 bits per heavy atom. The second-order valence-corrected chi connectivity index (χ2v) is 8.27. The highest BCUT2D eigenvalue weighted by molar-refractivity contribution is 6.33. The lowest BCUT2D eigenvalue weighted by atomic mass is 10.2. The van der Waals surface area contributed by atoms with Crippen LogP contribution in [-0.4, -0.2) is 20.6 Å². The predicted molar refractivity (Wildman–Crippen MR) is 127 cm³/mol. The van der Waals surface area contributed by atoms with Gasteiger partial charge >= 0.3 is 5.69 Å². The van der Waals surface area contributed by atoms with Crippen LogP contribution in [-0.2, 0) is 13.2 Å². The molecule has 0 radical (unpaired) electrons. The lowest BCUT2D eigenvalue weighted by molar-refractivity contribution is -0.386. The lowest BCUT2D eigenvalue weighted by Crippen LogP contribution is -2.12. The third kappa shape index (κ3) is 5.61. The van der Waals surface area contributed by atoms with Gasteiger partial charge in [-0.05, 0) is 42.8 Å². The summed E-state index contributed by atoms with van der Waals surface area (Å²) in [5, 5.41) is 18.3. The first kappa shape index (κ1) is 24.2. The maximum Gasteiger partial charge on any atom is 0.311 e. The van der Waals surface area contributed by atoms with Gasteiger partial charge in [0.15, 0.2) is 17.3 Å². The molecule has 2 aromatic heterocycles. The second-order valence-electron chi connectivity index (χ2n) is 7.46. The number of ether oxygens (including phenoxy) is 1. The lowest BCUT2D eigenvalue weighted by Gasteiger charge is -2.06. The van der Waals surface area contributed by atoms with E-state index in [0.29, 0.717) is 0 Å². The first-order valence-corrected chi connectivity index (χ1v) is 10.9. The van der Waals surface area contributed by atoms with E-state index in [9.17, 15) is 19.3 Å². The molecule has 4 rings (SSSR count). The number of nitro groups is 1. The van der Waals surface area contributed by atoms with Crippen molar-refractivity contribution < 1.29 is 23.3 Å². The molecule has 0 fully saturated rings. The van der Waals surface area contributed by atoms with E-state index in [1.165, 1.54) is 47.3 Å². The molecular weight excluding hydrogens is 502 g/mol. The van der Waals surface area contributed by atoms with Crippen LogP contribution < -0.4 is 10.1 Å². The van der Waals surface area contributed by atoms with Gasteiger partial charge in [-0.3, -0.25) is 19.6 Å². The summed E-state index contributed by atoms with van der Waals surface area (Å²) in [6.07, 6.45) is 1.43. The number of hydrogen-bond donors (Lipinski definition) is 1. The third-order valence-electron chi connectivity index (χ3n) is 4.90. The summed E-state index contributed by atoms with van der Waals surface area (Å²) in [6.45, 7) is 1.61. The average Bonchev–Trinajstić information content (AvgIpc) is 3.42. The number of halogens is 3. The SMILES string of the molecule is Cc1ccc(OCc2ccc(C(=O)Nc3nn(Cc4c(F)cccc4Cl)cc3Cl)o2)c([N+](=O)[O-])c1. The Labute approximate surface area is 208 Å². The summed E-state index contributed by atoms with van der Waals surface area (Å²) in [6, 6.07) is 11.8. The van der Waals surface area contributed by atoms with Gasteiger partial charge in [0.1, 0.15) is 23.2 Å². The van der Waals surface area contributed by atoms with E-state index in [1.54, 1.807) is 19.1 Å². The van der Waals surface area contributed by atoms with Crippen molar-refractivity contribution >= 4 is 40.6 Å². The number of carbonyl (C=O) groups is 1. The predicted octanol–water partition coefficient (Wildman–Crippen LogP) is 6.02. The third-order valence-corrected chi connectivity index (χ3v) is 5.53.